The SMILES string of the molecule is COc1ccc(C(=O)NCCNc2ccc(-n3nc(C)c(C)c3C)nn2)cn1. The summed E-state index contributed by atoms with van der Waals surface area (Å²) in [6.45, 7) is 6.96. The second-order valence-corrected chi connectivity index (χ2v) is 6.26. The van der Waals surface area contributed by atoms with Gasteiger partial charge in [0, 0.05) is 31.0 Å². The molecule has 3 heterocycles. The summed E-state index contributed by atoms with van der Waals surface area (Å²) < 4.78 is 6.76. The van der Waals surface area contributed by atoms with E-state index in [0.29, 0.717) is 36.2 Å². The smallest absolute Gasteiger partial charge is 0.252 e. The highest BCUT2D eigenvalue weighted by Gasteiger charge is 2.10. The third-order valence-corrected chi connectivity index (χ3v) is 4.44. The first-order chi connectivity index (χ1) is 13.5. The molecule has 0 fully saturated rings. The fraction of sp³-hybridized carbons (Fsp3) is 0.316. The fourth-order valence-electron chi connectivity index (χ4n) is 2.58. The van der Waals surface area contributed by atoms with Crippen LogP contribution in [-0.4, -0.2) is 51.1 Å². The van der Waals surface area contributed by atoms with Gasteiger partial charge in [-0.05, 0) is 44.5 Å². The molecule has 2 N–H and O–H groups in total. The molecule has 0 aromatic carbocycles. The standard InChI is InChI=1S/C19H23N7O2/c1-12-13(2)25-26(14(12)3)17-7-6-16(23-24-17)20-9-10-21-19(27)15-5-8-18(28-4)22-11-15/h5-8,11H,9-10H2,1-4H3,(H,20,23)(H,21,27). The molecule has 0 bridgehead atoms. The van der Waals surface area contributed by atoms with Crippen molar-refractivity contribution in [1.82, 2.24) is 30.3 Å². The Morgan fingerprint density at radius 2 is 1.93 bits per heavy atom. The third-order valence-electron chi connectivity index (χ3n) is 4.44. The van der Waals surface area contributed by atoms with E-state index in [2.05, 4.69) is 30.9 Å². The minimum absolute atomic E-state index is 0.196. The maximum Gasteiger partial charge on any atom is 0.252 e. The van der Waals surface area contributed by atoms with Crippen LogP contribution in [0.1, 0.15) is 27.3 Å². The molecule has 0 aliphatic carbocycles. The van der Waals surface area contributed by atoms with Gasteiger partial charge >= 0.3 is 0 Å². The number of nitrogens with one attached hydrogen (secondary N) is 2. The Kier molecular flexibility index (Phi) is 5.83. The molecule has 3 aromatic rings. The van der Waals surface area contributed by atoms with Gasteiger partial charge in [0.05, 0.1) is 18.4 Å². The van der Waals surface area contributed by atoms with Crippen molar-refractivity contribution in [3.63, 3.8) is 0 Å². The van der Waals surface area contributed by atoms with Crippen LogP contribution < -0.4 is 15.4 Å². The Morgan fingerprint density at radius 1 is 1.11 bits per heavy atom. The number of pyridine rings is 1. The van der Waals surface area contributed by atoms with Gasteiger partial charge in [0.2, 0.25) is 5.88 Å². The predicted molar refractivity (Wildman–Crippen MR) is 105 cm³/mol. The fourth-order valence-corrected chi connectivity index (χ4v) is 2.58. The second kappa shape index (κ2) is 8.47. The lowest BCUT2D eigenvalue weighted by atomic mass is 10.2. The summed E-state index contributed by atoms with van der Waals surface area (Å²) in [5, 5.41) is 18.8. The molecule has 0 saturated carbocycles. The highest BCUT2D eigenvalue weighted by molar-refractivity contribution is 5.93. The maximum absolute atomic E-state index is 12.1. The molecule has 28 heavy (non-hydrogen) atoms. The lowest BCUT2D eigenvalue weighted by Gasteiger charge is -2.08. The van der Waals surface area contributed by atoms with Crippen molar-refractivity contribution in [3.05, 3.63) is 53.0 Å². The summed E-state index contributed by atoms with van der Waals surface area (Å²) in [7, 11) is 1.53. The van der Waals surface area contributed by atoms with Crippen LogP contribution in [0.25, 0.3) is 5.82 Å². The number of aryl methyl sites for hydroxylation is 1. The minimum atomic E-state index is -0.196. The Hall–Kier alpha value is -3.49. The van der Waals surface area contributed by atoms with Crippen molar-refractivity contribution in [3.8, 4) is 11.7 Å². The highest BCUT2D eigenvalue weighted by atomic mass is 16.5. The first-order valence-corrected chi connectivity index (χ1v) is 8.88. The Morgan fingerprint density at radius 3 is 2.50 bits per heavy atom. The van der Waals surface area contributed by atoms with Crippen LogP contribution in [0.3, 0.4) is 0 Å². The largest absolute Gasteiger partial charge is 0.481 e. The molecule has 0 aliphatic rings. The van der Waals surface area contributed by atoms with E-state index in [4.69, 9.17) is 4.74 Å². The molecule has 0 atom stereocenters. The van der Waals surface area contributed by atoms with Gasteiger partial charge in [0.25, 0.3) is 5.91 Å². The van der Waals surface area contributed by atoms with Crippen molar-refractivity contribution >= 4 is 11.7 Å². The van der Waals surface area contributed by atoms with Crippen molar-refractivity contribution in [2.24, 2.45) is 0 Å². The molecular formula is C19H23N7O2. The zero-order valence-electron chi connectivity index (χ0n) is 16.4. The van der Waals surface area contributed by atoms with Crippen molar-refractivity contribution < 1.29 is 9.53 Å². The van der Waals surface area contributed by atoms with E-state index in [9.17, 15) is 4.79 Å². The maximum atomic E-state index is 12.1. The topological polar surface area (TPSA) is 107 Å². The molecule has 1 amide bonds. The van der Waals surface area contributed by atoms with E-state index in [1.54, 1.807) is 16.8 Å². The van der Waals surface area contributed by atoms with Crippen LogP contribution in [-0.2, 0) is 0 Å². The van der Waals surface area contributed by atoms with E-state index in [-0.39, 0.29) is 5.91 Å². The van der Waals surface area contributed by atoms with E-state index < -0.39 is 0 Å². The first-order valence-electron chi connectivity index (χ1n) is 8.88. The summed E-state index contributed by atoms with van der Waals surface area (Å²) in [5.74, 6) is 1.57. The average Bonchev–Trinajstić information content (AvgIpc) is 2.99. The van der Waals surface area contributed by atoms with Gasteiger partial charge in [-0.25, -0.2) is 9.67 Å². The van der Waals surface area contributed by atoms with E-state index >= 15 is 0 Å². The van der Waals surface area contributed by atoms with Gasteiger partial charge in [-0.3, -0.25) is 4.79 Å². The number of hydrogen-bond acceptors (Lipinski definition) is 7. The first kappa shape index (κ1) is 19.3. The normalized spacial score (nSPS) is 10.6. The monoisotopic (exact) mass is 381 g/mol. The molecule has 3 rings (SSSR count). The molecular weight excluding hydrogens is 358 g/mol. The predicted octanol–water partition coefficient (Wildman–Crippen LogP) is 1.83. The van der Waals surface area contributed by atoms with Crippen LogP contribution in [0.15, 0.2) is 30.5 Å². The number of methoxy groups -OCH3 is 1. The van der Waals surface area contributed by atoms with Gasteiger partial charge in [-0.1, -0.05) is 0 Å². The van der Waals surface area contributed by atoms with Crippen LogP contribution in [0.5, 0.6) is 5.88 Å². The van der Waals surface area contributed by atoms with Crippen LogP contribution >= 0.6 is 0 Å². The number of ether oxygens (including phenoxy) is 1. The molecule has 3 aromatic heterocycles. The number of carbonyl (C=O) groups excluding carboxylic acids is 1. The molecule has 146 valence electrons. The number of hydrogen-bond donors (Lipinski definition) is 2. The van der Waals surface area contributed by atoms with Crippen molar-refractivity contribution in [2.75, 3.05) is 25.5 Å². The Labute approximate surface area is 163 Å². The molecule has 0 saturated heterocycles. The minimum Gasteiger partial charge on any atom is -0.481 e. The number of carbonyl (C=O) groups is 1. The van der Waals surface area contributed by atoms with Gasteiger partial charge in [-0.2, -0.15) is 5.10 Å². The zero-order valence-corrected chi connectivity index (χ0v) is 16.4. The lowest BCUT2D eigenvalue weighted by molar-refractivity contribution is 0.0954. The number of aromatic nitrogens is 5. The molecule has 0 radical (unpaired) electrons. The van der Waals surface area contributed by atoms with Crippen molar-refractivity contribution in [2.45, 2.75) is 20.8 Å². The number of anilines is 1. The third kappa shape index (κ3) is 4.25. The lowest BCUT2D eigenvalue weighted by Crippen LogP contribution is -2.29. The molecule has 0 spiro atoms. The quantitative estimate of drug-likeness (QED) is 0.601. The van der Waals surface area contributed by atoms with E-state index in [0.717, 1.165) is 17.0 Å². The Bertz CT molecular complexity index is 950. The summed E-state index contributed by atoms with van der Waals surface area (Å²) in [5.41, 5.74) is 3.64. The van der Waals surface area contributed by atoms with Crippen molar-refractivity contribution in [1.29, 1.82) is 0 Å². The average molecular weight is 381 g/mol. The van der Waals surface area contributed by atoms with Gasteiger partial charge in [0.1, 0.15) is 5.82 Å². The number of amides is 1. The van der Waals surface area contributed by atoms with Gasteiger partial charge in [-0.15, -0.1) is 10.2 Å². The number of nitrogens with zero attached hydrogens (tertiary/aromatic N) is 5. The number of rotatable bonds is 7. The highest BCUT2D eigenvalue weighted by Crippen LogP contribution is 2.15. The van der Waals surface area contributed by atoms with Gasteiger partial charge < -0.3 is 15.4 Å². The van der Waals surface area contributed by atoms with Crippen LogP contribution in [0.4, 0.5) is 5.82 Å². The van der Waals surface area contributed by atoms with E-state index in [1.807, 2.05) is 32.9 Å². The molecule has 0 aliphatic heterocycles. The summed E-state index contributed by atoms with van der Waals surface area (Å²) in [6, 6.07) is 7.01. The molecule has 9 heteroatoms. The van der Waals surface area contributed by atoms with Crippen LogP contribution in [0.2, 0.25) is 0 Å². The second-order valence-electron chi connectivity index (χ2n) is 6.26. The molecule has 0 unspecified atom stereocenters. The van der Waals surface area contributed by atoms with E-state index in [1.165, 1.54) is 13.3 Å². The summed E-state index contributed by atoms with van der Waals surface area (Å²) >= 11 is 0. The summed E-state index contributed by atoms with van der Waals surface area (Å²) in [4.78, 5) is 16.1. The molecule has 9 nitrogen and oxygen atoms in total. The zero-order chi connectivity index (χ0) is 20.1. The van der Waals surface area contributed by atoms with Crippen LogP contribution in [0, 0.1) is 20.8 Å². The van der Waals surface area contributed by atoms with Gasteiger partial charge in [0.15, 0.2) is 5.82 Å². The Balaban J connectivity index is 1.49. The summed E-state index contributed by atoms with van der Waals surface area (Å²) in [6.07, 6.45) is 1.48.